The number of aryl methyl sites for hydroxylation is 2. The Morgan fingerprint density at radius 2 is 1.95 bits per heavy atom. The molecular formula is C14H19N3O2. The second-order valence-corrected chi connectivity index (χ2v) is 4.84. The van der Waals surface area contributed by atoms with Gasteiger partial charge in [-0.25, -0.2) is 0 Å². The maximum atomic E-state index is 8.83. The monoisotopic (exact) mass is 261 g/mol. The van der Waals surface area contributed by atoms with Gasteiger partial charge >= 0.3 is 0 Å². The molecule has 3 N–H and O–H groups in total. The fraction of sp³-hybridized carbons (Fsp3) is 0.429. The van der Waals surface area contributed by atoms with Crippen LogP contribution in [0.1, 0.15) is 40.9 Å². The molecule has 1 unspecified atom stereocenters. The zero-order chi connectivity index (χ0) is 13.8. The molecule has 0 aliphatic heterocycles. The van der Waals surface area contributed by atoms with Crippen molar-refractivity contribution in [3.8, 4) is 0 Å². The second kappa shape index (κ2) is 5.95. The molecule has 0 spiro atoms. The molecule has 1 aromatic carbocycles. The lowest BCUT2D eigenvalue weighted by Crippen LogP contribution is -2.12. The number of rotatable bonds is 5. The van der Waals surface area contributed by atoms with E-state index in [1.807, 2.05) is 0 Å². The Morgan fingerprint density at radius 1 is 1.26 bits per heavy atom. The number of nitrogens with two attached hydrogens (primary N) is 1. The molecule has 0 aliphatic rings. The molecule has 0 saturated carbocycles. The van der Waals surface area contributed by atoms with Crippen molar-refractivity contribution >= 4 is 0 Å². The quantitative estimate of drug-likeness (QED) is 0.855. The minimum Gasteiger partial charge on any atom is -0.396 e. The van der Waals surface area contributed by atoms with E-state index in [0.29, 0.717) is 24.6 Å². The molecule has 5 nitrogen and oxygen atoms in total. The van der Waals surface area contributed by atoms with Gasteiger partial charge in [-0.3, -0.25) is 0 Å². The van der Waals surface area contributed by atoms with E-state index in [9.17, 15) is 0 Å². The average molecular weight is 261 g/mol. The highest BCUT2D eigenvalue weighted by Crippen LogP contribution is 2.15. The lowest BCUT2D eigenvalue weighted by atomic mass is 10.1. The van der Waals surface area contributed by atoms with Crippen molar-refractivity contribution in [1.29, 1.82) is 0 Å². The highest BCUT2D eigenvalue weighted by Gasteiger charge is 2.14. The number of hydrogen-bond acceptors (Lipinski definition) is 5. The normalized spacial score (nSPS) is 12.6. The molecule has 2 aromatic rings. The molecule has 102 valence electrons. The summed E-state index contributed by atoms with van der Waals surface area (Å²) in [5.41, 5.74) is 9.39. The van der Waals surface area contributed by atoms with Crippen LogP contribution in [0.15, 0.2) is 22.7 Å². The molecule has 1 heterocycles. The third-order valence-corrected chi connectivity index (χ3v) is 2.88. The molecule has 1 aromatic heterocycles. The number of nitrogens with zero attached hydrogens (tertiary/aromatic N) is 2. The summed E-state index contributed by atoms with van der Waals surface area (Å²) in [4.78, 5) is 4.27. The van der Waals surface area contributed by atoms with E-state index in [2.05, 4.69) is 42.2 Å². The van der Waals surface area contributed by atoms with Gasteiger partial charge in [-0.1, -0.05) is 34.5 Å². The van der Waals surface area contributed by atoms with Gasteiger partial charge in [0.2, 0.25) is 5.89 Å². The Bertz CT molecular complexity index is 531. The molecule has 0 radical (unpaired) electrons. The van der Waals surface area contributed by atoms with Crippen molar-refractivity contribution in [2.45, 2.75) is 32.7 Å². The Hall–Kier alpha value is -1.72. The van der Waals surface area contributed by atoms with E-state index in [-0.39, 0.29) is 6.61 Å². The number of benzene rings is 1. The lowest BCUT2D eigenvalue weighted by molar-refractivity contribution is 0.259. The maximum Gasteiger partial charge on any atom is 0.243 e. The van der Waals surface area contributed by atoms with Gasteiger partial charge in [0.25, 0.3) is 0 Å². The van der Waals surface area contributed by atoms with Gasteiger partial charge < -0.3 is 15.4 Å². The van der Waals surface area contributed by atoms with Crippen LogP contribution in [0.4, 0.5) is 0 Å². The fourth-order valence-corrected chi connectivity index (χ4v) is 2.11. The summed E-state index contributed by atoms with van der Waals surface area (Å²) in [6, 6.07) is 5.95. The molecular weight excluding hydrogens is 242 g/mol. The van der Waals surface area contributed by atoms with E-state index in [4.69, 9.17) is 15.4 Å². The standard InChI is InChI=1S/C14H19N3O2/c1-9-5-10(2)7-11(6-9)8-13-16-14(19-17-13)12(15)3-4-18/h5-7,12,18H,3-4,8,15H2,1-2H3. The zero-order valence-corrected chi connectivity index (χ0v) is 11.3. The van der Waals surface area contributed by atoms with Gasteiger partial charge in [0.15, 0.2) is 5.82 Å². The van der Waals surface area contributed by atoms with E-state index >= 15 is 0 Å². The molecule has 0 bridgehead atoms. The smallest absolute Gasteiger partial charge is 0.243 e. The number of hydrogen-bond donors (Lipinski definition) is 2. The van der Waals surface area contributed by atoms with E-state index < -0.39 is 6.04 Å². The Labute approximate surface area is 112 Å². The Kier molecular flexibility index (Phi) is 4.29. The van der Waals surface area contributed by atoms with Crippen molar-refractivity contribution in [2.24, 2.45) is 5.73 Å². The third-order valence-electron chi connectivity index (χ3n) is 2.88. The van der Waals surface area contributed by atoms with Crippen molar-refractivity contribution in [1.82, 2.24) is 10.1 Å². The van der Waals surface area contributed by atoms with Crippen LogP contribution in [0, 0.1) is 13.8 Å². The van der Waals surface area contributed by atoms with Crippen LogP contribution in [0.3, 0.4) is 0 Å². The highest BCUT2D eigenvalue weighted by atomic mass is 16.5. The molecule has 0 fully saturated rings. The van der Waals surface area contributed by atoms with Crippen molar-refractivity contribution in [3.63, 3.8) is 0 Å². The minimum atomic E-state index is -0.398. The summed E-state index contributed by atoms with van der Waals surface area (Å²) in [6.45, 7) is 4.14. The van der Waals surface area contributed by atoms with Crippen LogP contribution in [0.2, 0.25) is 0 Å². The predicted molar refractivity (Wildman–Crippen MR) is 71.7 cm³/mol. The van der Waals surface area contributed by atoms with Crippen molar-refractivity contribution < 1.29 is 9.63 Å². The van der Waals surface area contributed by atoms with Crippen molar-refractivity contribution in [2.75, 3.05) is 6.61 Å². The van der Waals surface area contributed by atoms with E-state index in [1.165, 1.54) is 11.1 Å². The first kappa shape index (κ1) is 13.7. The van der Waals surface area contributed by atoms with E-state index in [1.54, 1.807) is 0 Å². The van der Waals surface area contributed by atoms with Crippen LogP contribution in [0.25, 0.3) is 0 Å². The lowest BCUT2D eigenvalue weighted by Gasteiger charge is -2.02. The van der Waals surface area contributed by atoms with Crippen LogP contribution < -0.4 is 5.73 Å². The van der Waals surface area contributed by atoms with Gasteiger partial charge in [-0.2, -0.15) is 4.98 Å². The molecule has 0 saturated heterocycles. The van der Waals surface area contributed by atoms with Gasteiger partial charge in [0, 0.05) is 13.0 Å². The van der Waals surface area contributed by atoms with E-state index in [0.717, 1.165) is 5.56 Å². The van der Waals surface area contributed by atoms with Gasteiger partial charge in [0.1, 0.15) is 0 Å². The molecule has 2 rings (SSSR count). The summed E-state index contributed by atoms with van der Waals surface area (Å²) in [7, 11) is 0. The minimum absolute atomic E-state index is 0.00988. The number of aromatic nitrogens is 2. The van der Waals surface area contributed by atoms with Crippen LogP contribution >= 0.6 is 0 Å². The third kappa shape index (κ3) is 3.62. The maximum absolute atomic E-state index is 8.83. The molecule has 1 atom stereocenters. The summed E-state index contributed by atoms with van der Waals surface area (Å²) in [6.07, 6.45) is 1.04. The Morgan fingerprint density at radius 3 is 2.58 bits per heavy atom. The summed E-state index contributed by atoms with van der Waals surface area (Å²) in [5, 5.41) is 12.8. The van der Waals surface area contributed by atoms with Crippen LogP contribution in [-0.2, 0) is 6.42 Å². The van der Waals surface area contributed by atoms with Gasteiger partial charge in [0.05, 0.1) is 6.04 Å². The summed E-state index contributed by atoms with van der Waals surface area (Å²) in [5.74, 6) is 1.00. The summed E-state index contributed by atoms with van der Waals surface area (Å²) < 4.78 is 5.11. The topological polar surface area (TPSA) is 85.2 Å². The zero-order valence-electron chi connectivity index (χ0n) is 11.3. The molecule has 0 aliphatic carbocycles. The number of aliphatic hydroxyl groups excluding tert-OH is 1. The van der Waals surface area contributed by atoms with Gasteiger partial charge in [-0.15, -0.1) is 0 Å². The highest BCUT2D eigenvalue weighted by molar-refractivity contribution is 5.30. The Balaban J connectivity index is 2.11. The average Bonchev–Trinajstić information content (AvgIpc) is 2.76. The first-order valence-corrected chi connectivity index (χ1v) is 6.34. The molecule has 5 heteroatoms. The van der Waals surface area contributed by atoms with Gasteiger partial charge in [-0.05, 0) is 25.8 Å². The van der Waals surface area contributed by atoms with Crippen molar-refractivity contribution in [3.05, 3.63) is 46.6 Å². The fourth-order valence-electron chi connectivity index (χ4n) is 2.11. The van der Waals surface area contributed by atoms with Crippen LogP contribution in [-0.4, -0.2) is 21.9 Å². The largest absolute Gasteiger partial charge is 0.396 e. The second-order valence-electron chi connectivity index (χ2n) is 4.84. The first-order chi connectivity index (χ1) is 9.08. The molecule has 0 amide bonds. The summed E-state index contributed by atoms with van der Waals surface area (Å²) >= 11 is 0. The van der Waals surface area contributed by atoms with Crippen LogP contribution in [0.5, 0.6) is 0 Å². The molecule has 19 heavy (non-hydrogen) atoms. The number of aliphatic hydroxyl groups is 1. The SMILES string of the molecule is Cc1cc(C)cc(Cc2noc(C(N)CCO)n2)c1. The predicted octanol–water partition coefficient (Wildman–Crippen LogP) is 1.66. The first-order valence-electron chi connectivity index (χ1n) is 6.34.